The van der Waals surface area contributed by atoms with Gasteiger partial charge in [0.15, 0.2) is 6.10 Å². The van der Waals surface area contributed by atoms with Gasteiger partial charge in [0.25, 0.3) is 0 Å². The van der Waals surface area contributed by atoms with Gasteiger partial charge in [0.2, 0.25) is 17.7 Å². The third kappa shape index (κ3) is 14.8. The summed E-state index contributed by atoms with van der Waals surface area (Å²) < 4.78 is 5.24. The molecule has 2 rings (SSSR count). The van der Waals surface area contributed by atoms with E-state index in [0.29, 0.717) is 13.0 Å². The molecular weight excluding hydrogens is 619 g/mol. The SMILES string of the molecule is CC(C)C[C@H](NC(=O)[C@@H](NC(=O)OCc1ccccc1)C(C)C)C(=O)N[C@@H](C[C@@H]1CCNC1=O)C(O)C#N.S.S.S.S. The topological polar surface area (TPSA) is 170 Å². The van der Waals surface area contributed by atoms with Crippen molar-refractivity contribution in [2.45, 2.75) is 77.8 Å². The molecule has 0 aromatic heterocycles. The van der Waals surface area contributed by atoms with Crippen LogP contribution in [0.3, 0.4) is 0 Å². The summed E-state index contributed by atoms with van der Waals surface area (Å²) in [5, 5.41) is 30.1. The van der Waals surface area contributed by atoms with Crippen molar-refractivity contribution in [2.24, 2.45) is 17.8 Å². The average molecular weight is 666 g/mol. The molecule has 0 aliphatic carbocycles. The van der Waals surface area contributed by atoms with Crippen molar-refractivity contribution < 1.29 is 29.0 Å². The number of aliphatic hydroxyl groups excluding tert-OH is 1. The Labute approximate surface area is 276 Å². The van der Waals surface area contributed by atoms with Gasteiger partial charge in [-0.2, -0.15) is 59.2 Å². The largest absolute Gasteiger partial charge is 0.445 e. The van der Waals surface area contributed by atoms with Crippen LogP contribution in [-0.2, 0) is 25.7 Å². The Hall–Kier alpha value is -2.25. The van der Waals surface area contributed by atoms with Gasteiger partial charge in [-0.15, -0.1) is 0 Å². The van der Waals surface area contributed by atoms with E-state index in [-0.39, 0.29) is 91.2 Å². The molecule has 4 amide bonds. The molecule has 1 aliphatic rings. The molecule has 1 fully saturated rings. The first-order valence-corrected chi connectivity index (χ1v) is 12.9. The molecule has 0 saturated carbocycles. The summed E-state index contributed by atoms with van der Waals surface area (Å²) in [7, 11) is 0. The molecule has 1 heterocycles. The molecule has 5 N–H and O–H groups in total. The third-order valence-corrected chi connectivity index (χ3v) is 6.32. The summed E-state index contributed by atoms with van der Waals surface area (Å²) in [6.07, 6.45) is -1.37. The molecule has 0 spiro atoms. The van der Waals surface area contributed by atoms with E-state index < -0.39 is 48.1 Å². The van der Waals surface area contributed by atoms with Crippen molar-refractivity contribution in [2.75, 3.05) is 6.54 Å². The van der Waals surface area contributed by atoms with E-state index in [4.69, 9.17) is 4.74 Å². The minimum Gasteiger partial charge on any atom is -0.445 e. The van der Waals surface area contributed by atoms with Crippen molar-refractivity contribution in [1.29, 1.82) is 5.26 Å². The zero-order chi connectivity index (χ0) is 28.2. The summed E-state index contributed by atoms with van der Waals surface area (Å²) in [5.41, 5.74) is 0.797. The number of hydrogen-bond acceptors (Lipinski definition) is 7. The molecular formula is C27H47N5O6S4. The molecule has 1 saturated heterocycles. The number of nitrogens with one attached hydrogen (secondary N) is 4. The summed E-state index contributed by atoms with van der Waals surface area (Å²) >= 11 is 0. The standard InChI is InChI=1S/C27H39N5O6.4H2S/c1-16(2)12-21(25(35)30-20(22(33)14-28)13-19-10-11-29-24(19)34)31-26(36)23(17(3)4)32-27(37)38-15-18-8-6-5-7-9-18;;;;/h5-9,16-17,19-23,33H,10-13,15H2,1-4H3,(H,29,34)(H,30,35)(H,31,36)(H,32,37);4*1H2/t19-,20-,21-,22?,23-;;;;/m0..../s1. The smallest absolute Gasteiger partial charge is 0.408 e. The second-order valence-electron chi connectivity index (χ2n) is 10.3. The lowest BCUT2D eigenvalue weighted by molar-refractivity contribution is -0.131. The van der Waals surface area contributed by atoms with Crippen LogP contribution in [0.15, 0.2) is 30.3 Å². The third-order valence-electron chi connectivity index (χ3n) is 6.32. The van der Waals surface area contributed by atoms with Gasteiger partial charge < -0.3 is 31.1 Å². The first-order chi connectivity index (χ1) is 18.0. The fourth-order valence-corrected chi connectivity index (χ4v) is 4.21. The number of nitrogens with zero attached hydrogens (tertiary/aromatic N) is 1. The number of amides is 4. The fourth-order valence-electron chi connectivity index (χ4n) is 4.21. The quantitative estimate of drug-likeness (QED) is 0.200. The van der Waals surface area contributed by atoms with E-state index in [0.717, 1.165) is 5.56 Å². The van der Waals surface area contributed by atoms with Gasteiger partial charge in [0, 0.05) is 12.5 Å². The van der Waals surface area contributed by atoms with E-state index in [1.54, 1.807) is 19.9 Å². The Morgan fingerprint density at radius 3 is 2.14 bits per heavy atom. The number of benzene rings is 1. The van der Waals surface area contributed by atoms with Crippen LogP contribution in [-0.4, -0.2) is 59.7 Å². The van der Waals surface area contributed by atoms with Gasteiger partial charge in [-0.05, 0) is 36.7 Å². The van der Waals surface area contributed by atoms with Crippen LogP contribution >= 0.6 is 54.0 Å². The first kappa shape index (κ1) is 44.2. The van der Waals surface area contributed by atoms with Crippen LogP contribution in [0.2, 0.25) is 0 Å². The second-order valence-corrected chi connectivity index (χ2v) is 10.3. The lowest BCUT2D eigenvalue weighted by Crippen LogP contribution is -2.57. The number of carbonyl (C=O) groups is 4. The van der Waals surface area contributed by atoms with Crippen LogP contribution in [0.4, 0.5) is 4.79 Å². The molecule has 5 atom stereocenters. The highest BCUT2D eigenvalue weighted by Crippen LogP contribution is 2.18. The van der Waals surface area contributed by atoms with Gasteiger partial charge in [0.05, 0.1) is 12.1 Å². The summed E-state index contributed by atoms with van der Waals surface area (Å²) in [4.78, 5) is 50.8. The maximum absolute atomic E-state index is 13.2. The number of hydrogen-bond donors (Lipinski definition) is 5. The van der Waals surface area contributed by atoms with Crippen molar-refractivity contribution in [3.8, 4) is 6.07 Å². The monoisotopic (exact) mass is 665 g/mol. The molecule has 0 bridgehead atoms. The predicted octanol–water partition coefficient (Wildman–Crippen LogP) is 1.81. The Kier molecular flexibility index (Phi) is 23.5. The highest BCUT2D eigenvalue weighted by Gasteiger charge is 2.34. The maximum atomic E-state index is 13.2. The zero-order valence-electron chi connectivity index (χ0n) is 24.4. The lowest BCUT2D eigenvalue weighted by atomic mass is 9.94. The van der Waals surface area contributed by atoms with E-state index in [1.165, 1.54) is 0 Å². The van der Waals surface area contributed by atoms with E-state index in [9.17, 15) is 29.5 Å². The Bertz CT molecular complexity index is 1010. The lowest BCUT2D eigenvalue weighted by Gasteiger charge is -2.28. The Morgan fingerprint density at radius 1 is 1.02 bits per heavy atom. The van der Waals surface area contributed by atoms with Gasteiger partial charge in [0.1, 0.15) is 18.7 Å². The van der Waals surface area contributed by atoms with Gasteiger partial charge in [-0.3, -0.25) is 14.4 Å². The fraction of sp³-hybridized carbons (Fsp3) is 0.593. The molecule has 42 heavy (non-hydrogen) atoms. The number of rotatable bonds is 13. The van der Waals surface area contributed by atoms with E-state index in [1.807, 2.05) is 44.2 Å². The highest BCUT2D eigenvalue weighted by molar-refractivity contribution is 7.59. The molecule has 1 aliphatic heterocycles. The van der Waals surface area contributed by atoms with Crippen molar-refractivity contribution in [1.82, 2.24) is 21.3 Å². The number of aliphatic hydroxyl groups is 1. The van der Waals surface area contributed by atoms with E-state index in [2.05, 4.69) is 21.3 Å². The normalized spacial score (nSPS) is 16.3. The average Bonchev–Trinajstić information content (AvgIpc) is 3.28. The minimum atomic E-state index is -1.52. The van der Waals surface area contributed by atoms with E-state index >= 15 is 0 Å². The second kappa shape index (κ2) is 22.3. The summed E-state index contributed by atoms with van der Waals surface area (Å²) in [5.74, 6) is -2.06. The van der Waals surface area contributed by atoms with Gasteiger partial charge >= 0.3 is 6.09 Å². The Balaban J connectivity index is -0.00000380. The molecule has 15 heteroatoms. The summed E-state index contributed by atoms with van der Waals surface area (Å²) in [6.45, 7) is 7.82. The number of alkyl carbamates (subject to hydrolysis) is 1. The molecule has 11 nitrogen and oxygen atoms in total. The van der Waals surface area contributed by atoms with Crippen LogP contribution in [0.5, 0.6) is 0 Å². The molecule has 1 aromatic carbocycles. The van der Waals surface area contributed by atoms with Crippen LogP contribution in [0, 0.1) is 29.1 Å². The van der Waals surface area contributed by atoms with Crippen molar-refractivity contribution in [3.05, 3.63) is 35.9 Å². The molecule has 1 aromatic rings. The van der Waals surface area contributed by atoms with Crippen molar-refractivity contribution >= 4 is 77.8 Å². The minimum absolute atomic E-state index is 0. The first-order valence-electron chi connectivity index (χ1n) is 12.9. The highest BCUT2D eigenvalue weighted by atomic mass is 32.1. The maximum Gasteiger partial charge on any atom is 0.408 e. The van der Waals surface area contributed by atoms with Crippen molar-refractivity contribution in [3.63, 3.8) is 0 Å². The van der Waals surface area contributed by atoms with Gasteiger partial charge in [-0.1, -0.05) is 58.0 Å². The predicted molar refractivity (Wildman–Crippen MR) is 181 cm³/mol. The van der Waals surface area contributed by atoms with Crippen LogP contribution < -0.4 is 21.3 Å². The molecule has 240 valence electrons. The van der Waals surface area contributed by atoms with Crippen LogP contribution in [0.1, 0.15) is 52.5 Å². The van der Waals surface area contributed by atoms with Crippen LogP contribution in [0.25, 0.3) is 0 Å². The molecule has 1 unspecified atom stereocenters. The number of carbonyl (C=O) groups excluding carboxylic acids is 4. The zero-order valence-corrected chi connectivity index (χ0v) is 28.4. The molecule has 0 radical (unpaired) electrons. The number of nitriles is 1. The Morgan fingerprint density at radius 2 is 1.64 bits per heavy atom. The van der Waals surface area contributed by atoms with Gasteiger partial charge in [-0.25, -0.2) is 4.79 Å². The number of ether oxygens (including phenoxy) is 1. The summed E-state index contributed by atoms with van der Waals surface area (Å²) in [6, 6.07) is 7.89.